The first kappa shape index (κ1) is 16.8. The molecule has 2 fully saturated rings. The summed E-state index contributed by atoms with van der Waals surface area (Å²) in [5.74, 6) is 0.177. The number of aromatic nitrogens is 2. The minimum atomic E-state index is 0.0874. The van der Waals surface area contributed by atoms with E-state index in [1.54, 1.807) is 0 Å². The van der Waals surface area contributed by atoms with Crippen molar-refractivity contribution in [2.75, 3.05) is 23.3 Å². The van der Waals surface area contributed by atoms with Gasteiger partial charge in [-0.2, -0.15) is 0 Å². The van der Waals surface area contributed by atoms with E-state index < -0.39 is 0 Å². The summed E-state index contributed by atoms with van der Waals surface area (Å²) in [6, 6.07) is 0.174. The Morgan fingerprint density at radius 1 is 1.52 bits per heavy atom. The monoisotopic (exact) mass is 405 g/mol. The van der Waals surface area contributed by atoms with Crippen LogP contribution >= 0.6 is 15.9 Å². The Morgan fingerprint density at radius 2 is 2.28 bits per heavy atom. The molecule has 134 valence electrons. The van der Waals surface area contributed by atoms with Crippen LogP contribution in [0, 0.1) is 11.3 Å². The molecule has 1 amide bonds. The lowest BCUT2D eigenvalue weighted by Gasteiger charge is -2.33. The number of hydrogen-bond acceptors (Lipinski definition) is 4. The molecular weight excluding hydrogens is 382 g/mol. The first-order valence-corrected chi connectivity index (χ1v) is 9.63. The van der Waals surface area contributed by atoms with Gasteiger partial charge < -0.3 is 20.9 Å². The lowest BCUT2D eigenvalue weighted by molar-refractivity contribution is -0.117. The van der Waals surface area contributed by atoms with Crippen LogP contribution in [0.4, 0.5) is 11.4 Å². The van der Waals surface area contributed by atoms with Crippen LogP contribution in [0.3, 0.4) is 0 Å². The molecular formula is C18H24BrN5O. The predicted molar refractivity (Wildman–Crippen MR) is 104 cm³/mol. The third-order valence-electron chi connectivity index (χ3n) is 5.49. The number of carbonyl (C=O) groups is 1. The largest absolute Gasteiger partial charge is 0.368 e. The molecule has 1 saturated heterocycles. The molecule has 1 aliphatic carbocycles. The lowest BCUT2D eigenvalue weighted by atomic mass is 10.1. The molecule has 2 atom stereocenters. The van der Waals surface area contributed by atoms with Gasteiger partial charge in [0.15, 0.2) is 0 Å². The fourth-order valence-corrected chi connectivity index (χ4v) is 4.36. The van der Waals surface area contributed by atoms with E-state index in [4.69, 9.17) is 5.73 Å². The maximum Gasteiger partial charge on any atom is 0.228 e. The molecule has 0 aromatic carbocycles. The van der Waals surface area contributed by atoms with Crippen LogP contribution in [0.2, 0.25) is 0 Å². The van der Waals surface area contributed by atoms with Gasteiger partial charge in [-0.3, -0.25) is 4.79 Å². The zero-order valence-corrected chi connectivity index (χ0v) is 16.2. The van der Waals surface area contributed by atoms with E-state index in [0.29, 0.717) is 0 Å². The second kappa shape index (κ2) is 5.99. The van der Waals surface area contributed by atoms with Crippen molar-refractivity contribution in [1.29, 1.82) is 0 Å². The van der Waals surface area contributed by atoms with Crippen molar-refractivity contribution in [1.82, 2.24) is 9.97 Å². The molecule has 1 aliphatic heterocycles. The summed E-state index contributed by atoms with van der Waals surface area (Å²) >= 11 is 3.65. The maximum absolute atomic E-state index is 12.6. The third-order valence-corrected chi connectivity index (χ3v) is 6.07. The van der Waals surface area contributed by atoms with Crippen molar-refractivity contribution in [3.8, 4) is 0 Å². The van der Waals surface area contributed by atoms with Crippen molar-refractivity contribution < 1.29 is 4.79 Å². The van der Waals surface area contributed by atoms with Gasteiger partial charge in [0.2, 0.25) is 5.91 Å². The highest BCUT2D eigenvalue weighted by molar-refractivity contribution is 9.10. The number of nitrogens with two attached hydrogens (primary N) is 1. The molecule has 2 aromatic rings. The van der Waals surface area contributed by atoms with Crippen LogP contribution in [-0.2, 0) is 4.79 Å². The first-order valence-electron chi connectivity index (χ1n) is 8.84. The van der Waals surface area contributed by atoms with E-state index in [2.05, 4.69) is 50.0 Å². The van der Waals surface area contributed by atoms with Gasteiger partial charge >= 0.3 is 0 Å². The number of rotatable bonds is 3. The van der Waals surface area contributed by atoms with E-state index in [1.807, 2.05) is 12.4 Å². The highest BCUT2D eigenvalue weighted by Gasteiger charge is 2.50. The molecule has 6 nitrogen and oxygen atoms in total. The van der Waals surface area contributed by atoms with Gasteiger partial charge in [0.05, 0.1) is 21.2 Å². The topological polar surface area (TPSA) is 87.0 Å². The zero-order valence-electron chi connectivity index (χ0n) is 14.6. The standard InChI is InChI=1S/C18H24BrN5O/c1-18(2)6-11(18)17(25)23-13-8-22-16-14(13)15(12(19)7-21-16)24-5-3-4-10(20)9-24/h7-8,10-11H,3-6,9,20H2,1-2H3,(H,21,22)(H,23,25)/t10-,11?/m1/s1. The minimum absolute atomic E-state index is 0.0874. The van der Waals surface area contributed by atoms with Gasteiger partial charge in [0, 0.05) is 37.4 Å². The third kappa shape index (κ3) is 3.04. The number of H-pyrrole nitrogens is 1. The Bertz CT molecular complexity index is 830. The van der Waals surface area contributed by atoms with Crippen molar-refractivity contribution in [3.05, 3.63) is 16.9 Å². The Labute approximate surface area is 155 Å². The molecule has 2 aliphatic rings. The highest BCUT2D eigenvalue weighted by atomic mass is 79.9. The van der Waals surface area contributed by atoms with E-state index in [0.717, 1.165) is 59.2 Å². The maximum atomic E-state index is 12.6. The van der Waals surface area contributed by atoms with Gasteiger partial charge in [-0.05, 0) is 40.6 Å². The second-order valence-electron chi connectivity index (χ2n) is 7.96. The van der Waals surface area contributed by atoms with Crippen molar-refractivity contribution in [3.63, 3.8) is 0 Å². The molecule has 0 radical (unpaired) electrons. The Kier molecular flexibility index (Phi) is 4.03. The van der Waals surface area contributed by atoms with E-state index in [1.165, 1.54) is 0 Å². The molecule has 4 N–H and O–H groups in total. The van der Waals surface area contributed by atoms with Crippen LogP contribution in [0.5, 0.6) is 0 Å². The summed E-state index contributed by atoms with van der Waals surface area (Å²) in [5, 5.41) is 4.07. The summed E-state index contributed by atoms with van der Waals surface area (Å²) in [6.07, 6.45) is 6.71. The number of pyridine rings is 1. The quantitative estimate of drug-likeness (QED) is 0.731. The van der Waals surface area contributed by atoms with Crippen LogP contribution in [0.25, 0.3) is 11.0 Å². The van der Waals surface area contributed by atoms with E-state index >= 15 is 0 Å². The molecule has 7 heteroatoms. The number of aromatic amines is 1. The summed E-state index contributed by atoms with van der Waals surface area (Å²) < 4.78 is 0.927. The molecule has 4 rings (SSSR count). The number of anilines is 2. The number of carbonyl (C=O) groups excluding carboxylic acids is 1. The Morgan fingerprint density at radius 3 is 2.96 bits per heavy atom. The van der Waals surface area contributed by atoms with Gasteiger partial charge in [-0.1, -0.05) is 13.8 Å². The Balaban J connectivity index is 1.71. The molecule has 0 spiro atoms. The molecule has 1 unspecified atom stereocenters. The van der Waals surface area contributed by atoms with Crippen LogP contribution in [-0.4, -0.2) is 35.0 Å². The Hall–Kier alpha value is -1.60. The van der Waals surface area contributed by atoms with Crippen LogP contribution in [0.15, 0.2) is 16.9 Å². The summed E-state index contributed by atoms with van der Waals surface area (Å²) in [4.78, 5) is 22.5. The van der Waals surface area contributed by atoms with E-state index in [9.17, 15) is 4.79 Å². The lowest BCUT2D eigenvalue weighted by Crippen LogP contribution is -2.43. The average molecular weight is 406 g/mol. The SMILES string of the molecule is CC1(C)CC1C(=O)Nc1c[nH]c2ncc(Br)c(N3CCC[C@@H](N)C3)c12. The predicted octanol–water partition coefficient (Wildman–Crippen LogP) is 3.24. The number of fused-ring (bicyclic) bond motifs is 1. The number of piperidine rings is 1. The van der Waals surface area contributed by atoms with Gasteiger partial charge in [-0.25, -0.2) is 4.98 Å². The van der Waals surface area contributed by atoms with Crippen molar-refractivity contribution in [2.24, 2.45) is 17.1 Å². The van der Waals surface area contributed by atoms with Crippen molar-refractivity contribution >= 4 is 44.2 Å². The number of amides is 1. The average Bonchev–Trinajstić information content (AvgIpc) is 3.02. The zero-order chi connectivity index (χ0) is 17.8. The normalized spacial score (nSPS) is 25.2. The summed E-state index contributed by atoms with van der Waals surface area (Å²) in [6.45, 7) is 6.03. The molecule has 0 bridgehead atoms. The van der Waals surface area contributed by atoms with Gasteiger partial charge in [0.25, 0.3) is 0 Å². The fourth-order valence-electron chi connectivity index (χ4n) is 3.81. The molecule has 2 aromatic heterocycles. The van der Waals surface area contributed by atoms with Gasteiger partial charge in [-0.15, -0.1) is 0 Å². The second-order valence-corrected chi connectivity index (χ2v) is 8.82. The minimum Gasteiger partial charge on any atom is -0.368 e. The van der Waals surface area contributed by atoms with Crippen molar-refractivity contribution in [2.45, 2.75) is 39.2 Å². The number of halogens is 1. The number of nitrogens with zero attached hydrogens (tertiary/aromatic N) is 2. The smallest absolute Gasteiger partial charge is 0.228 e. The number of nitrogens with one attached hydrogen (secondary N) is 2. The molecule has 3 heterocycles. The highest BCUT2D eigenvalue weighted by Crippen LogP contribution is 2.52. The van der Waals surface area contributed by atoms with E-state index in [-0.39, 0.29) is 23.3 Å². The molecule has 1 saturated carbocycles. The number of hydrogen-bond donors (Lipinski definition) is 3. The van der Waals surface area contributed by atoms with Crippen LogP contribution in [0.1, 0.15) is 33.1 Å². The molecule has 25 heavy (non-hydrogen) atoms. The fraction of sp³-hybridized carbons (Fsp3) is 0.556. The van der Waals surface area contributed by atoms with Gasteiger partial charge in [0.1, 0.15) is 5.65 Å². The summed E-state index contributed by atoms with van der Waals surface area (Å²) in [5.41, 5.74) is 8.93. The first-order chi connectivity index (χ1) is 11.9. The summed E-state index contributed by atoms with van der Waals surface area (Å²) in [7, 11) is 0. The van der Waals surface area contributed by atoms with Crippen LogP contribution < -0.4 is 16.0 Å².